The molecule has 32 heavy (non-hydrogen) atoms. The molecule has 0 unspecified atom stereocenters. The first-order valence-electron chi connectivity index (χ1n) is 10.8. The number of benzene rings is 3. The zero-order chi connectivity index (χ0) is 22.5. The van der Waals surface area contributed by atoms with Crippen LogP contribution in [-0.4, -0.2) is 41.0 Å². The highest BCUT2D eigenvalue weighted by Crippen LogP contribution is 2.36. The van der Waals surface area contributed by atoms with Crippen molar-refractivity contribution in [3.05, 3.63) is 88.5 Å². The fourth-order valence-electron chi connectivity index (χ4n) is 4.21. The SMILES string of the molecule is O=C(O)[C@@H]1c2ccc(cc2)OCCc2c1ccc(CCNCCc1ccccc1O)c2O. The van der Waals surface area contributed by atoms with Crippen molar-refractivity contribution < 1.29 is 24.9 Å². The maximum atomic E-state index is 12.1. The van der Waals surface area contributed by atoms with Gasteiger partial charge in [-0.15, -0.1) is 0 Å². The minimum absolute atomic E-state index is 0.148. The summed E-state index contributed by atoms with van der Waals surface area (Å²) in [6.45, 7) is 1.71. The Morgan fingerprint density at radius 1 is 0.938 bits per heavy atom. The average Bonchev–Trinajstić information content (AvgIpc) is 2.79. The minimum Gasteiger partial charge on any atom is -0.508 e. The summed E-state index contributed by atoms with van der Waals surface area (Å²) in [5, 5.41) is 34.1. The Morgan fingerprint density at radius 3 is 2.38 bits per heavy atom. The molecule has 2 aliphatic heterocycles. The lowest BCUT2D eigenvalue weighted by atomic mass is 9.85. The predicted octanol–water partition coefficient (Wildman–Crippen LogP) is 3.62. The Bertz CT molecular complexity index is 1090. The van der Waals surface area contributed by atoms with Gasteiger partial charge >= 0.3 is 5.97 Å². The Balaban J connectivity index is 1.48. The number of nitrogens with one attached hydrogen (secondary N) is 1. The predicted molar refractivity (Wildman–Crippen MR) is 122 cm³/mol. The lowest BCUT2D eigenvalue weighted by Gasteiger charge is -2.22. The summed E-state index contributed by atoms with van der Waals surface area (Å²) in [4.78, 5) is 12.1. The molecule has 2 heterocycles. The van der Waals surface area contributed by atoms with Crippen molar-refractivity contribution in [1.82, 2.24) is 5.32 Å². The molecule has 0 radical (unpaired) electrons. The van der Waals surface area contributed by atoms with E-state index in [9.17, 15) is 20.1 Å². The van der Waals surface area contributed by atoms with Crippen molar-refractivity contribution in [1.29, 1.82) is 0 Å². The lowest BCUT2D eigenvalue weighted by molar-refractivity contribution is -0.137. The van der Waals surface area contributed by atoms with E-state index < -0.39 is 11.9 Å². The molecule has 0 fully saturated rings. The number of rotatable bonds is 7. The summed E-state index contributed by atoms with van der Waals surface area (Å²) in [7, 11) is 0. The van der Waals surface area contributed by atoms with Crippen LogP contribution in [0.15, 0.2) is 60.7 Å². The van der Waals surface area contributed by atoms with Crippen molar-refractivity contribution in [3.8, 4) is 17.2 Å². The molecule has 2 bridgehead atoms. The first kappa shape index (κ1) is 21.7. The first-order valence-corrected chi connectivity index (χ1v) is 10.8. The van der Waals surface area contributed by atoms with Crippen LogP contribution in [0.25, 0.3) is 0 Å². The van der Waals surface area contributed by atoms with E-state index in [0.29, 0.717) is 67.1 Å². The van der Waals surface area contributed by atoms with Gasteiger partial charge in [0.05, 0.1) is 6.61 Å². The molecule has 1 atom stereocenters. The molecule has 3 aromatic carbocycles. The molecule has 0 amide bonds. The van der Waals surface area contributed by atoms with E-state index in [0.717, 1.165) is 11.1 Å². The molecular formula is C26H27NO5. The summed E-state index contributed by atoms with van der Waals surface area (Å²) in [6.07, 6.45) is 1.74. The highest BCUT2D eigenvalue weighted by molar-refractivity contribution is 5.81. The average molecular weight is 434 g/mol. The molecule has 0 aliphatic carbocycles. The zero-order valence-corrected chi connectivity index (χ0v) is 17.8. The van der Waals surface area contributed by atoms with E-state index in [-0.39, 0.29) is 5.75 Å². The van der Waals surface area contributed by atoms with Crippen LogP contribution in [0.2, 0.25) is 0 Å². The number of para-hydroxylation sites is 1. The molecule has 6 nitrogen and oxygen atoms in total. The molecule has 0 saturated heterocycles. The highest BCUT2D eigenvalue weighted by atomic mass is 16.5. The van der Waals surface area contributed by atoms with Gasteiger partial charge in [-0.25, -0.2) is 0 Å². The van der Waals surface area contributed by atoms with Crippen LogP contribution in [0.5, 0.6) is 17.2 Å². The normalized spacial score (nSPS) is 15.1. The van der Waals surface area contributed by atoms with Crippen molar-refractivity contribution in [3.63, 3.8) is 0 Å². The van der Waals surface area contributed by atoms with Crippen molar-refractivity contribution >= 4 is 5.97 Å². The number of aromatic hydroxyl groups is 2. The number of aliphatic carboxylic acids is 1. The number of carboxylic acids is 1. The molecule has 2 aliphatic rings. The molecule has 5 rings (SSSR count). The first-order chi connectivity index (χ1) is 15.5. The minimum atomic E-state index is -0.946. The fourth-order valence-corrected chi connectivity index (χ4v) is 4.21. The second kappa shape index (κ2) is 9.75. The molecule has 0 aromatic heterocycles. The van der Waals surface area contributed by atoms with Crippen LogP contribution < -0.4 is 10.1 Å². The smallest absolute Gasteiger partial charge is 0.315 e. The molecule has 0 saturated carbocycles. The summed E-state index contributed by atoms with van der Waals surface area (Å²) in [5.74, 6) is -0.655. The number of ether oxygens (including phenoxy) is 1. The zero-order valence-electron chi connectivity index (χ0n) is 17.8. The number of phenolic OH excluding ortho intramolecular Hbond substituents is 2. The van der Waals surface area contributed by atoms with Crippen molar-refractivity contribution in [2.24, 2.45) is 0 Å². The van der Waals surface area contributed by atoms with Gasteiger partial charge in [0.25, 0.3) is 0 Å². The molecule has 0 spiro atoms. The summed E-state index contributed by atoms with van der Waals surface area (Å²) in [6, 6.07) is 18.0. The third kappa shape index (κ3) is 4.70. The van der Waals surface area contributed by atoms with Crippen molar-refractivity contribution in [2.45, 2.75) is 25.2 Å². The second-order valence-electron chi connectivity index (χ2n) is 7.96. The number of fused-ring (bicyclic) bond motifs is 4. The van der Waals surface area contributed by atoms with Gasteiger partial charge in [-0.1, -0.05) is 42.5 Å². The van der Waals surface area contributed by atoms with Gasteiger partial charge in [0.1, 0.15) is 23.2 Å². The van der Waals surface area contributed by atoms with E-state index in [1.165, 1.54) is 0 Å². The number of hydrogen-bond donors (Lipinski definition) is 4. The van der Waals surface area contributed by atoms with Gasteiger partial charge in [-0.05, 0) is 66.4 Å². The fraction of sp³-hybridized carbons (Fsp3) is 0.269. The molecule has 6 heteroatoms. The van der Waals surface area contributed by atoms with E-state index in [4.69, 9.17) is 4.74 Å². The van der Waals surface area contributed by atoms with Crippen LogP contribution in [0, 0.1) is 0 Å². The summed E-state index contributed by atoms with van der Waals surface area (Å²) in [5.41, 5.74) is 3.55. The van der Waals surface area contributed by atoms with E-state index >= 15 is 0 Å². The maximum absolute atomic E-state index is 12.1. The monoisotopic (exact) mass is 433 g/mol. The Kier molecular flexibility index (Phi) is 6.61. The largest absolute Gasteiger partial charge is 0.508 e. The number of hydrogen-bond acceptors (Lipinski definition) is 5. The lowest BCUT2D eigenvalue weighted by Crippen LogP contribution is -2.21. The summed E-state index contributed by atoms with van der Waals surface area (Å²) < 4.78 is 5.76. The van der Waals surface area contributed by atoms with Gasteiger partial charge < -0.3 is 25.4 Å². The van der Waals surface area contributed by atoms with E-state index in [1.807, 2.05) is 24.3 Å². The van der Waals surface area contributed by atoms with Gasteiger partial charge in [0.15, 0.2) is 0 Å². The van der Waals surface area contributed by atoms with Crippen LogP contribution in [0.3, 0.4) is 0 Å². The van der Waals surface area contributed by atoms with Gasteiger partial charge in [0.2, 0.25) is 0 Å². The quantitative estimate of drug-likeness (QED) is 0.425. The third-order valence-corrected chi connectivity index (χ3v) is 5.93. The van der Waals surface area contributed by atoms with Crippen LogP contribution in [-0.2, 0) is 24.1 Å². The standard InChI is InChI=1S/C26H27NO5/c28-23-4-2-1-3-17(23)11-14-27-15-12-19-7-10-21-22(25(19)29)13-16-32-20-8-5-18(6-9-20)24(21)26(30)31/h1-10,24,27-29H,11-16H2,(H,30,31)/t24-/m1/s1. The maximum Gasteiger partial charge on any atom is 0.315 e. The number of carbonyl (C=O) groups is 1. The van der Waals surface area contributed by atoms with Gasteiger partial charge in [-0.2, -0.15) is 0 Å². The van der Waals surface area contributed by atoms with Crippen LogP contribution in [0.4, 0.5) is 0 Å². The Labute approximate surface area is 187 Å². The van der Waals surface area contributed by atoms with Crippen molar-refractivity contribution in [2.75, 3.05) is 19.7 Å². The van der Waals surface area contributed by atoms with Crippen LogP contribution >= 0.6 is 0 Å². The summed E-state index contributed by atoms with van der Waals surface area (Å²) >= 11 is 0. The molecular weight excluding hydrogens is 406 g/mol. The molecule has 166 valence electrons. The van der Waals surface area contributed by atoms with Gasteiger partial charge in [0, 0.05) is 12.0 Å². The van der Waals surface area contributed by atoms with Gasteiger partial charge in [-0.3, -0.25) is 4.79 Å². The molecule has 3 aromatic rings. The number of phenols is 2. The van der Waals surface area contributed by atoms with E-state index in [1.54, 1.807) is 36.4 Å². The van der Waals surface area contributed by atoms with Crippen LogP contribution in [0.1, 0.15) is 33.7 Å². The van der Waals surface area contributed by atoms with E-state index in [2.05, 4.69) is 5.32 Å². The second-order valence-corrected chi connectivity index (χ2v) is 7.96. The molecule has 4 N–H and O–H groups in total. The third-order valence-electron chi connectivity index (χ3n) is 5.93. The topological polar surface area (TPSA) is 99.0 Å². The number of carboxylic acid groups (broad SMARTS) is 1. The highest BCUT2D eigenvalue weighted by Gasteiger charge is 2.27. The Hall–Kier alpha value is -3.51. The Morgan fingerprint density at radius 2 is 1.66 bits per heavy atom.